The highest BCUT2D eigenvalue weighted by molar-refractivity contribution is 5.43. The third kappa shape index (κ3) is 2.65. The molecule has 0 fully saturated rings. The normalized spacial score (nSPS) is 10.3. The second-order valence-corrected chi connectivity index (χ2v) is 3.80. The molecule has 18 heavy (non-hydrogen) atoms. The molecule has 0 aliphatic heterocycles. The topological polar surface area (TPSA) is 73.0 Å². The van der Waals surface area contributed by atoms with Crippen LogP contribution in [0.4, 0.5) is 11.5 Å². The minimum absolute atomic E-state index is 0.125. The fourth-order valence-corrected chi connectivity index (χ4v) is 1.66. The lowest BCUT2D eigenvalue weighted by Crippen LogP contribution is -2.04. The van der Waals surface area contributed by atoms with Crippen molar-refractivity contribution < 1.29 is 4.92 Å². The largest absolute Gasteiger partial charge is 0.364 e. The number of para-hydroxylation sites is 1. The number of rotatable bonds is 5. The predicted octanol–water partition coefficient (Wildman–Crippen LogP) is 2.42. The van der Waals surface area contributed by atoms with Gasteiger partial charge in [0.05, 0.1) is 4.92 Å². The highest BCUT2D eigenvalue weighted by atomic mass is 16.6. The number of nitrogens with one attached hydrogen (secondary N) is 1. The first-order valence-corrected chi connectivity index (χ1v) is 5.70. The Bertz CT molecular complexity index is 551. The standard InChI is InChI=1S/C12H14N4O2/c1-2-15-8-7-12(14-15)13-9-10-5-3-4-6-11(10)16(17)18/h3-8H,2,9H2,1H3,(H,13,14). The highest BCUT2D eigenvalue weighted by Gasteiger charge is 2.11. The van der Waals surface area contributed by atoms with Gasteiger partial charge in [0, 0.05) is 37.0 Å². The highest BCUT2D eigenvalue weighted by Crippen LogP contribution is 2.18. The number of aryl methyl sites for hydroxylation is 1. The minimum atomic E-state index is -0.373. The van der Waals surface area contributed by atoms with Crippen LogP contribution in [0, 0.1) is 10.1 Å². The SMILES string of the molecule is CCn1ccc(NCc2ccccc2[N+](=O)[O-])n1. The predicted molar refractivity (Wildman–Crippen MR) is 68.3 cm³/mol. The van der Waals surface area contributed by atoms with E-state index in [2.05, 4.69) is 10.4 Å². The van der Waals surface area contributed by atoms with E-state index < -0.39 is 0 Å². The molecule has 2 aromatic rings. The summed E-state index contributed by atoms with van der Waals surface area (Å²) in [5, 5.41) is 18.2. The average Bonchev–Trinajstić information content (AvgIpc) is 2.84. The van der Waals surface area contributed by atoms with Gasteiger partial charge in [-0.05, 0) is 6.92 Å². The van der Waals surface area contributed by atoms with E-state index in [4.69, 9.17) is 0 Å². The molecular weight excluding hydrogens is 232 g/mol. The zero-order chi connectivity index (χ0) is 13.0. The summed E-state index contributed by atoms with van der Waals surface area (Å²) in [6.07, 6.45) is 1.86. The van der Waals surface area contributed by atoms with Crippen molar-refractivity contribution in [1.82, 2.24) is 9.78 Å². The Morgan fingerprint density at radius 3 is 2.83 bits per heavy atom. The van der Waals surface area contributed by atoms with Crippen LogP contribution in [-0.2, 0) is 13.1 Å². The van der Waals surface area contributed by atoms with E-state index in [9.17, 15) is 10.1 Å². The van der Waals surface area contributed by atoms with Gasteiger partial charge in [0.1, 0.15) is 5.82 Å². The van der Waals surface area contributed by atoms with Gasteiger partial charge in [-0.1, -0.05) is 18.2 Å². The molecule has 0 radical (unpaired) electrons. The number of benzene rings is 1. The maximum absolute atomic E-state index is 10.8. The molecule has 2 rings (SSSR count). The van der Waals surface area contributed by atoms with E-state index in [1.165, 1.54) is 6.07 Å². The number of hydrogen-bond acceptors (Lipinski definition) is 4. The lowest BCUT2D eigenvalue weighted by atomic mass is 10.2. The molecule has 0 bridgehead atoms. The maximum atomic E-state index is 10.8. The van der Waals surface area contributed by atoms with E-state index >= 15 is 0 Å². The lowest BCUT2D eigenvalue weighted by Gasteiger charge is -2.04. The van der Waals surface area contributed by atoms with Crippen LogP contribution in [0.3, 0.4) is 0 Å². The van der Waals surface area contributed by atoms with Crippen LogP contribution in [0.15, 0.2) is 36.5 Å². The quantitative estimate of drug-likeness (QED) is 0.649. The molecule has 1 aromatic heterocycles. The van der Waals surface area contributed by atoms with Crippen molar-refractivity contribution in [3.05, 3.63) is 52.2 Å². The average molecular weight is 246 g/mol. The number of nitro groups is 1. The van der Waals surface area contributed by atoms with E-state index in [1.807, 2.05) is 19.2 Å². The van der Waals surface area contributed by atoms with E-state index in [1.54, 1.807) is 22.9 Å². The van der Waals surface area contributed by atoms with Gasteiger partial charge in [-0.2, -0.15) is 5.10 Å². The van der Waals surface area contributed by atoms with Gasteiger partial charge in [0.2, 0.25) is 0 Å². The molecule has 1 aromatic carbocycles. The summed E-state index contributed by atoms with van der Waals surface area (Å²) in [5.74, 6) is 0.718. The number of hydrogen-bond donors (Lipinski definition) is 1. The Morgan fingerprint density at radius 2 is 2.17 bits per heavy atom. The lowest BCUT2D eigenvalue weighted by molar-refractivity contribution is -0.385. The maximum Gasteiger partial charge on any atom is 0.274 e. The number of nitrogens with zero attached hydrogens (tertiary/aromatic N) is 3. The van der Waals surface area contributed by atoms with Crippen molar-refractivity contribution in [1.29, 1.82) is 0 Å². The van der Waals surface area contributed by atoms with E-state index in [0.29, 0.717) is 12.1 Å². The molecule has 6 heteroatoms. The third-order valence-electron chi connectivity index (χ3n) is 2.61. The summed E-state index contributed by atoms with van der Waals surface area (Å²) in [5.41, 5.74) is 0.772. The second kappa shape index (κ2) is 5.31. The number of nitro benzene ring substituents is 1. The van der Waals surface area contributed by atoms with Gasteiger partial charge >= 0.3 is 0 Å². The van der Waals surface area contributed by atoms with Crippen LogP contribution in [0.25, 0.3) is 0 Å². The van der Waals surface area contributed by atoms with Crippen LogP contribution in [0.1, 0.15) is 12.5 Å². The molecule has 0 aliphatic rings. The van der Waals surface area contributed by atoms with Gasteiger partial charge in [-0.25, -0.2) is 0 Å². The van der Waals surface area contributed by atoms with Crippen LogP contribution < -0.4 is 5.32 Å². The fourth-order valence-electron chi connectivity index (χ4n) is 1.66. The molecule has 0 amide bonds. The smallest absolute Gasteiger partial charge is 0.274 e. The molecule has 0 aliphatic carbocycles. The number of aromatic nitrogens is 2. The van der Waals surface area contributed by atoms with Crippen molar-refractivity contribution in [3.63, 3.8) is 0 Å². The first-order chi connectivity index (χ1) is 8.70. The van der Waals surface area contributed by atoms with Gasteiger partial charge in [-0.3, -0.25) is 14.8 Å². The fraction of sp³-hybridized carbons (Fsp3) is 0.250. The molecule has 6 nitrogen and oxygen atoms in total. The summed E-state index contributed by atoms with van der Waals surface area (Å²) in [6.45, 7) is 3.18. The molecule has 1 N–H and O–H groups in total. The molecule has 1 heterocycles. The Balaban J connectivity index is 2.08. The van der Waals surface area contributed by atoms with Crippen molar-refractivity contribution in [2.45, 2.75) is 20.0 Å². The first-order valence-electron chi connectivity index (χ1n) is 5.70. The molecule has 0 spiro atoms. The van der Waals surface area contributed by atoms with Crippen molar-refractivity contribution >= 4 is 11.5 Å². The Morgan fingerprint density at radius 1 is 1.39 bits per heavy atom. The third-order valence-corrected chi connectivity index (χ3v) is 2.61. The summed E-state index contributed by atoms with van der Waals surface area (Å²) < 4.78 is 1.79. The molecule has 0 saturated carbocycles. The summed E-state index contributed by atoms with van der Waals surface area (Å²) in [7, 11) is 0. The summed E-state index contributed by atoms with van der Waals surface area (Å²) in [6, 6.07) is 8.53. The van der Waals surface area contributed by atoms with E-state index in [0.717, 1.165) is 12.4 Å². The first kappa shape index (κ1) is 12.1. The molecule has 0 atom stereocenters. The van der Waals surface area contributed by atoms with E-state index in [-0.39, 0.29) is 10.6 Å². The van der Waals surface area contributed by atoms with Crippen molar-refractivity contribution in [2.24, 2.45) is 0 Å². The van der Waals surface area contributed by atoms with Crippen LogP contribution in [0.2, 0.25) is 0 Å². The molecule has 0 unspecified atom stereocenters. The molecular formula is C12H14N4O2. The van der Waals surface area contributed by atoms with Gasteiger partial charge in [0.15, 0.2) is 0 Å². The Labute approximate surface area is 104 Å². The monoisotopic (exact) mass is 246 g/mol. The van der Waals surface area contributed by atoms with Crippen molar-refractivity contribution in [3.8, 4) is 0 Å². The second-order valence-electron chi connectivity index (χ2n) is 3.80. The van der Waals surface area contributed by atoms with Crippen molar-refractivity contribution in [2.75, 3.05) is 5.32 Å². The Hall–Kier alpha value is -2.37. The molecule has 94 valence electrons. The van der Waals surface area contributed by atoms with Gasteiger partial charge < -0.3 is 5.32 Å². The zero-order valence-corrected chi connectivity index (χ0v) is 10.0. The van der Waals surface area contributed by atoms with Crippen LogP contribution in [0.5, 0.6) is 0 Å². The number of anilines is 1. The minimum Gasteiger partial charge on any atom is -0.364 e. The zero-order valence-electron chi connectivity index (χ0n) is 10.0. The van der Waals surface area contributed by atoms with Crippen LogP contribution >= 0.6 is 0 Å². The van der Waals surface area contributed by atoms with Gasteiger partial charge in [-0.15, -0.1) is 0 Å². The van der Waals surface area contributed by atoms with Crippen LogP contribution in [-0.4, -0.2) is 14.7 Å². The van der Waals surface area contributed by atoms with Gasteiger partial charge in [0.25, 0.3) is 5.69 Å². The summed E-state index contributed by atoms with van der Waals surface area (Å²) >= 11 is 0. The molecule has 0 saturated heterocycles. The summed E-state index contributed by atoms with van der Waals surface area (Å²) in [4.78, 5) is 10.5. The Kier molecular flexibility index (Phi) is 3.57.